The fraction of sp³-hybridized carbons (Fsp3) is 0.400. The highest BCUT2D eigenvalue weighted by Gasteiger charge is 2.20. The van der Waals surface area contributed by atoms with Crippen LogP contribution in [-0.4, -0.2) is 17.1 Å². The number of fused-ring (bicyclic) bond motifs is 1. The highest BCUT2D eigenvalue weighted by atomic mass is 79.9. The Balaban J connectivity index is 1.83. The largest absolute Gasteiger partial charge is 0.489 e. The van der Waals surface area contributed by atoms with Gasteiger partial charge in [0.2, 0.25) is 0 Å². The molecular weight excluding hydrogens is 304 g/mol. The number of hydrogen-bond acceptors (Lipinski definition) is 3. The lowest BCUT2D eigenvalue weighted by molar-refractivity contribution is 0.146. The molecule has 1 fully saturated rings. The lowest BCUT2D eigenvalue weighted by atomic mass is 9.94. The van der Waals surface area contributed by atoms with Crippen LogP contribution in [0.4, 0.5) is 0 Å². The molecule has 0 unspecified atom stereocenters. The number of benzene rings is 1. The van der Waals surface area contributed by atoms with E-state index < -0.39 is 0 Å². The van der Waals surface area contributed by atoms with Crippen LogP contribution in [0.5, 0.6) is 5.75 Å². The van der Waals surface area contributed by atoms with Gasteiger partial charge in [-0.1, -0.05) is 0 Å². The molecule has 1 aliphatic rings. The molecule has 2 aromatic rings. The number of rotatable bonds is 2. The molecule has 1 aromatic heterocycles. The van der Waals surface area contributed by atoms with Gasteiger partial charge in [-0.05, 0) is 59.8 Å². The molecule has 0 saturated heterocycles. The topological polar surface area (TPSA) is 48.1 Å². The number of aromatic nitrogens is 1. The molecule has 0 bridgehead atoms. The normalized spacial score (nSPS) is 23.5. The zero-order valence-electron chi connectivity index (χ0n) is 10.7. The van der Waals surface area contributed by atoms with Gasteiger partial charge in [0.05, 0.1) is 10.6 Å². The van der Waals surface area contributed by atoms with Crippen molar-refractivity contribution in [2.75, 3.05) is 0 Å². The highest BCUT2D eigenvalue weighted by molar-refractivity contribution is 9.10. The van der Waals surface area contributed by atoms with Crippen molar-refractivity contribution in [1.82, 2.24) is 4.98 Å². The van der Waals surface area contributed by atoms with Crippen molar-refractivity contribution in [3.8, 4) is 5.75 Å². The molecule has 1 heterocycles. The molecule has 1 aliphatic carbocycles. The second-order valence-corrected chi connectivity index (χ2v) is 5.92. The second kappa shape index (κ2) is 5.47. The number of nitrogens with two attached hydrogens (primary N) is 1. The van der Waals surface area contributed by atoms with Crippen molar-refractivity contribution in [3.05, 3.63) is 35.1 Å². The summed E-state index contributed by atoms with van der Waals surface area (Å²) in [5.41, 5.74) is 5.92. The zero-order chi connectivity index (χ0) is 13.2. The average molecular weight is 321 g/mol. The van der Waals surface area contributed by atoms with Crippen molar-refractivity contribution in [1.29, 1.82) is 0 Å². The summed E-state index contributed by atoms with van der Waals surface area (Å²) in [5, 5.41) is 2.26. The Morgan fingerprint density at radius 3 is 2.74 bits per heavy atom. The van der Waals surface area contributed by atoms with Crippen LogP contribution in [0, 0.1) is 0 Å². The summed E-state index contributed by atoms with van der Waals surface area (Å²) in [4.78, 5) is 4.13. The quantitative estimate of drug-likeness (QED) is 0.918. The molecule has 0 amide bonds. The van der Waals surface area contributed by atoms with Gasteiger partial charge < -0.3 is 10.5 Å². The van der Waals surface area contributed by atoms with E-state index in [1.807, 2.05) is 18.3 Å². The Morgan fingerprint density at radius 1 is 1.16 bits per heavy atom. The van der Waals surface area contributed by atoms with Gasteiger partial charge in [-0.25, -0.2) is 0 Å². The Kier molecular flexibility index (Phi) is 3.71. The first kappa shape index (κ1) is 12.9. The second-order valence-electron chi connectivity index (χ2n) is 5.13. The van der Waals surface area contributed by atoms with Gasteiger partial charge in [0.15, 0.2) is 0 Å². The van der Waals surface area contributed by atoms with E-state index in [0.29, 0.717) is 6.04 Å². The van der Waals surface area contributed by atoms with Gasteiger partial charge in [-0.15, -0.1) is 0 Å². The van der Waals surface area contributed by atoms with Crippen LogP contribution in [0.15, 0.2) is 35.1 Å². The van der Waals surface area contributed by atoms with E-state index in [1.54, 1.807) is 6.20 Å². The Bertz CT molecular complexity index is 579. The third-order valence-corrected chi connectivity index (χ3v) is 4.55. The van der Waals surface area contributed by atoms with Crippen molar-refractivity contribution >= 4 is 26.7 Å². The molecule has 0 atom stereocenters. The monoisotopic (exact) mass is 320 g/mol. The molecular formula is C15H17BrN2O. The lowest BCUT2D eigenvalue weighted by Gasteiger charge is -2.27. The van der Waals surface area contributed by atoms with E-state index in [2.05, 4.69) is 27.0 Å². The molecule has 1 aromatic carbocycles. The number of pyridine rings is 1. The lowest BCUT2D eigenvalue weighted by Crippen LogP contribution is -2.31. The van der Waals surface area contributed by atoms with Crippen LogP contribution in [0.3, 0.4) is 0 Å². The van der Waals surface area contributed by atoms with Crippen LogP contribution < -0.4 is 10.5 Å². The molecule has 2 N–H and O–H groups in total. The number of ether oxygens (including phenoxy) is 1. The fourth-order valence-electron chi connectivity index (χ4n) is 2.59. The molecule has 1 saturated carbocycles. The van der Waals surface area contributed by atoms with Gasteiger partial charge >= 0.3 is 0 Å². The average Bonchev–Trinajstić information content (AvgIpc) is 2.45. The van der Waals surface area contributed by atoms with Crippen molar-refractivity contribution < 1.29 is 4.74 Å². The predicted octanol–water partition coefficient (Wildman–Crippen LogP) is 3.65. The van der Waals surface area contributed by atoms with Gasteiger partial charge in [-0.3, -0.25) is 4.98 Å². The molecule has 0 spiro atoms. The van der Waals surface area contributed by atoms with Crippen LogP contribution in [0.2, 0.25) is 0 Å². The molecule has 3 rings (SSSR count). The third kappa shape index (κ3) is 2.74. The molecule has 19 heavy (non-hydrogen) atoms. The first-order chi connectivity index (χ1) is 9.24. The minimum absolute atomic E-state index is 0.287. The molecule has 3 nitrogen and oxygen atoms in total. The standard InChI is InChI=1S/C15H17BrN2O/c16-15-13-7-8-18-9-10(13)1-6-14(15)19-12-4-2-11(17)3-5-12/h1,6-9,11-12H,2-5,17H2/t11-,12+. The molecule has 4 heteroatoms. The third-order valence-electron chi connectivity index (χ3n) is 3.73. The molecule has 0 radical (unpaired) electrons. The van der Waals surface area contributed by atoms with Crippen LogP contribution in [0.25, 0.3) is 10.8 Å². The minimum atomic E-state index is 0.287. The Labute approximate surface area is 121 Å². The summed E-state index contributed by atoms with van der Waals surface area (Å²) >= 11 is 3.64. The first-order valence-electron chi connectivity index (χ1n) is 6.68. The highest BCUT2D eigenvalue weighted by Crippen LogP contribution is 2.34. The van der Waals surface area contributed by atoms with E-state index >= 15 is 0 Å². The first-order valence-corrected chi connectivity index (χ1v) is 7.48. The summed E-state index contributed by atoms with van der Waals surface area (Å²) in [6, 6.07) is 6.42. The summed E-state index contributed by atoms with van der Waals surface area (Å²) in [5.74, 6) is 0.916. The zero-order valence-corrected chi connectivity index (χ0v) is 12.3. The summed E-state index contributed by atoms with van der Waals surface area (Å²) in [6.45, 7) is 0. The molecule has 0 aliphatic heterocycles. The Morgan fingerprint density at radius 2 is 1.95 bits per heavy atom. The Hall–Kier alpha value is -1.13. The van der Waals surface area contributed by atoms with E-state index in [1.165, 1.54) is 0 Å². The summed E-state index contributed by atoms with van der Waals surface area (Å²) in [7, 11) is 0. The maximum atomic E-state index is 6.12. The van der Waals surface area contributed by atoms with Crippen LogP contribution in [-0.2, 0) is 0 Å². The van der Waals surface area contributed by atoms with Gasteiger partial charge in [0.25, 0.3) is 0 Å². The molecule has 100 valence electrons. The van der Waals surface area contributed by atoms with Crippen molar-refractivity contribution in [3.63, 3.8) is 0 Å². The smallest absolute Gasteiger partial charge is 0.134 e. The maximum Gasteiger partial charge on any atom is 0.134 e. The number of halogens is 1. The van der Waals surface area contributed by atoms with E-state index in [9.17, 15) is 0 Å². The van der Waals surface area contributed by atoms with Crippen molar-refractivity contribution in [2.45, 2.75) is 37.8 Å². The summed E-state index contributed by atoms with van der Waals surface area (Å²) < 4.78 is 7.14. The van der Waals surface area contributed by atoms with E-state index in [0.717, 1.165) is 46.7 Å². The maximum absolute atomic E-state index is 6.12. The predicted molar refractivity (Wildman–Crippen MR) is 80.3 cm³/mol. The summed E-state index contributed by atoms with van der Waals surface area (Å²) in [6.07, 6.45) is 8.15. The van der Waals surface area contributed by atoms with Crippen LogP contribution in [0.1, 0.15) is 25.7 Å². The van der Waals surface area contributed by atoms with Gasteiger partial charge in [0, 0.05) is 29.2 Å². The van der Waals surface area contributed by atoms with Gasteiger partial charge in [-0.2, -0.15) is 0 Å². The SMILES string of the molecule is N[C@H]1CC[C@@H](Oc2ccc3cnccc3c2Br)CC1. The van der Waals surface area contributed by atoms with E-state index in [-0.39, 0.29) is 6.10 Å². The fourth-order valence-corrected chi connectivity index (χ4v) is 3.17. The van der Waals surface area contributed by atoms with Crippen molar-refractivity contribution in [2.24, 2.45) is 5.73 Å². The van der Waals surface area contributed by atoms with Crippen LogP contribution >= 0.6 is 15.9 Å². The number of hydrogen-bond donors (Lipinski definition) is 1. The minimum Gasteiger partial charge on any atom is -0.489 e. The van der Waals surface area contributed by atoms with Gasteiger partial charge in [0.1, 0.15) is 5.75 Å². The van der Waals surface area contributed by atoms with E-state index in [4.69, 9.17) is 10.5 Å². The number of nitrogens with zero attached hydrogens (tertiary/aromatic N) is 1.